The number of rotatable bonds is 8. The van der Waals surface area contributed by atoms with Gasteiger partial charge in [0.1, 0.15) is 22.5 Å². The number of ether oxygens (including phenoxy) is 2. The predicted molar refractivity (Wildman–Crippen MR) is 117 cm³/mol. The fourth-order valence-corrected chi connectivity index (χ4v) is 5.21. The third-order valence-electron chi connectivity index (χ3n) is 5.21. The van der Waals surface area contributed by atoms with E-state index in [1.807, 2.05) is 0 Å². The fraction of sp³-hybridized carbons (Fsp3) is 0.333. The van der Waals surface area contributed by atoms with Crippen LogP contribution in [0.15, 0.2) is 47.4 Å². The van der Waals surface area contributed by atoms with Crippen LogP contribution in [0.5, 0.6) is 5.75 Å². The lowest BCUT2D eigenvalue weighted by Crippen LogP contribution is -2.43. The number of non-ortho nitro benzene ring substituents is 1. The number of anilines is 1. The summed E-state index contributed by atoms with van der Waals surface area (Å²) >= 11 is 0. The SMILES string of the molecule is COc1ccc([N+](=O)[O-])cc1NC(=O)[C@@H](C)OC(=O)[C@@H]1CCCN1S(=O)(=O)c1ccccc1F. The van der Waals surface area contributed by atoms with Crippen LogP contribution < -0.4 is 10.1 Å². The summed E-state index contributed by atoms with van der Waals surface area (Å²) in [5.41, 5.74) is -0.296. The maximum Gasteiger partial charge on any atom is 0.325 e. The molecule has 0 aliphatic carbocycles. The van der Waals surface area contributed by atoms with Gasteiger partial charge in [0.2, 0.25) is 10.0 Å². The molecule has 3 rings (SSSR count). The molecule has 1 heterocycles. The molecule has 1 amide bonds. The monoisotopic (exact) mass is 495 g/mol. The Balaban J connectivity index is 1.73. The molecule has 0 radical (unpaired) electrons. The van der Waals surface area contributed by atoms with Gasteiger partial charge < -0.3 is 14.8 Å². The van der Waals surface area contributed by atoms with Gasteiger partial charge in [-0.25, -0.2) is 12.8 Å². The number of halogens is 1. The summed E-state index contributed by atoms with van der Waals surface area (Å²) in [6.07, 6.45) is -0.881. The first-order valence-electron chi connectivity index (χ1n) is 10.2. The molecule has 1 aliphatic rings. The van der Waals surface area contributed by atoms with E-state index < -0.39 is 49.7 Å². The summed E-state index contributed by atoms with van der Waals surface area (Å²) in [4.78, 5) is 35.1. The Morgan fingerprint density at radius 1 is 1.26 bits per heavy atom. The minimum absolute atomic E-state index is 0.00535. The number of nitrogens with zero attached hydrogens (tertiary/aromatic N) is 2. The molecule has 2 aromatic rings. The number of carbonyl (C=O) groups excluding carboxylic acids is 2. The largest absolute Gasteiger partial charge is 0.495 e. The summed E-state index contributed by atoms with van der Waals surface area (Å²) in [5, 5.41) is 13.4. The van der Waals surface area contributed by atoms with Crippen LogP contribution in [0, 0.1) is 15.9 Å². The van der Waals surface area contributed by atoms with Gasteiger partial charge in [-0.1, -0.05) is 12.1 Å². The van der Waals surface area contributed by atoms with Crippen LogP contribution in [-0.4, -0.2) is 55.3 Å². The summed E-state index contributed by atoms with van der Waals surface area (Å²) in [5.74, 6) is -2.57. The van der Waals surface area contributed by atoms with E-state index in [1.54, 1.807) is 0 Å². The van der Waals surface area contributed by atoms with E-state index in [4.69, 9.17) is 9.47 Å². The second-order valence-corrected chi connectivity index (χ2v) is 9.27. The van der Waals surface area contributed by atoms with Gasteiger partial charge in [-0.05, 0) is 38.0 Å². The Labute approximate surface area is 194 Å². The molecule has 182 valence electrons. The number of nitro groups is 1. The highest BCUT2D eigenvalue weighted by atomic mass is 32.2. The third-order valence-corrected chi connectivity index (χ3v) is 7.15. The first-order valence-corrected chi connectivity index (χ1v) is 11.6. The predicted octanol–water partition coefficient (Wildman–Crippen LogP) is 2.47. The third kappa shape index (κ3) is 5.15. The average molecular weight is 495 g/mol. The van der Waals surface area contributed by atoms with Crippen LogP contribution in [0.25, 0.3) is 0 Å². The molecule has 1 saturated heterocycles. The molecule has 1 aliphatic heterocycles. The van der Waals surface area contributed by atoms with Gasteiger partial charge in [-0.15, -0.1) is 0 Å². The molecule has 13 heteroatoms. The van der Waals surface area contributed by atoms with Crippen LogP contribution in [0.4, 0.5) is 15.8 Å². The lowest BCUT2D eigenvalue weighted by atomic mass is 10.2. The molecule has 1 N–H and O–H groups in total. The molecule has 1 fully saturated rings. The number of carbonyl (C=O) groups is 2. The number of esters is 1. The molecule has 0 saturated carbocycles. The zero-order valence-corrected chi connectivity index (χ0v) is 19.1. The van der Waals surface area contributed by atoms with Gasteiger partial charge in [-0.3, -0.25) is 19.7 Å². The molecule has 0 spiro atoms. The Kier molecular flexibility index (Phi) is 7.47. The zero-order chi connectivity index (χ0) is 25.0. The standard InChI is InChI=1S/C21H22FN3O8S/c1-13(20(26)23-16-12-14(25(28)29)9-10-18(16)32-2)33-21(27)17-7-5-11-24(17)34(30,31)19-8-4-3-6-15(19)22/h3-4,6,8-10,12-13,17H,5,7,11H2,1-2H3,(H,23,26)/t13-,17+/m1/s1. The minimum Gasteiger partial charge on any atom is -0.495 e. The van der Waals surface area contributed by atoms with E-state index in [0.717, 1.165) is 22.5 Å². The molecule has 34 heavy (non-hydrogen) atoms. The number of amides is 1. The molecule has 0 unspecified atom stereocenters. The molecule has 2 atom stereocenters. The van der Waals surface area contributed by atoms with Crippen molar-refractivity contribution in [1.82, 2.24) is 4.31 Å². The van der Waals surface area contributed by atoms with Gasteiger partial charge in [0, 0.05) is 18.7 Å². The van der Waals surface area contributed by atoms with Crippen LogP contribution in [0.3, 0.4) is 0 Å². The van der Waals surface area contributed by atoms with E-state index in [2.05, 4.69) is 5.32 Å². The van der Waals surface area contributed by atoms with Crippen LogP contribution in [0.1, 0.15) is 19.8 Å². The summed E-state index contributed by atoms with van der Waals surface area (Å²) in [7, 11) is -3.00. The second-order valence-electron chi connectivity index (χ2n) is 7.41. The maximum absolute atomic E-state index is 14.1. The van der Waals surface area contributed by atoms with Crippen LogP contribution >= 0.6 is 0 Å². The van der Waals surface area contributed by atoms with E-state index in [-0.39, 0.29) is 30.1 Å². The van der Waals surface area contributed by atoms with Crippen molar-refractivity contribution >= 4 is 33.3 Å². The van der Waals surface area contributed by atoms with Crippen molar-refractivity contribution in [3.8, 4) is 5.75 Å². The Bertz CT molecular complexity index is 1220. The van der Waals surface area contributed by atoms with Crippen LogP contribution in [0.2, 0.25) is 0 Å². The van der Waals surface area contributed by atoms with Crippen LogP contribution in [-0.2, 0) is 24.3 Å². The number of methoxy groups -OCH3 is 1. The molecule has 11 nitrogen and oxygen atoms in total. The highest BCUT2D eigenvalue weighted by Gasteiger charge is 2.42. The van der Waals surface area contributed by atoms with E-state index >= 15 is 0 Å². The fourth-order valence-electron chi connectivity index (χ4n) is 3.49. The Hall–Kier alpha value is -3.58. The van der Waals surface area contributed by atoms with Crippen molar-refractivity contribution in [2.45, 2.75) is 36.8 Å². The second kappa shape index (κ2) is 10.1. The molecule has 0 aromatic heterocycles. The van der Waals surface area contributed by atoms with E-state index in [1.165, 1.54) is 38.3 Å². The average Bonchev–Trinajstić information content (AvgIpc) is 3.30. The minimum atomic E-state index is -4.31. The number of nitro benzene ring substituents is 1. The van der Waals surface area contributed by atoms with Crippen molar-refractivity contribution in [3.63, 3.8) is 0 Å². The maximum atomic E-state index is 14.1. The molecule has 2 aromatic carbocycles. The van der Waals surface area contributed by atoms with Gasteiger partial charge in [0.15, 0.2) is 6.10 Å². The van der Waals surface area contributed by atoms with Crippen molar-refractivity contribution in [3.05, 3.63) is 58.4 Å². The number of benzene rings is 2. The molecular weight excluding hydrogens is 473 g/mol. The van der Waals surface area contributed by atoms with Gasteiger partial charge in [0.05, 0.1) is 17.7 Å². The van der Waals surface area contributed by atoms with Crippen molar-refractivity contribution < 1.29 is 36.8 Å². The topological polar surface area (TPSA) is 145 Å². The lowest BCUT2D eigenvalue weighted by molar-refractivity contribution is -0.384. The van der Waals surface area contributed by atoms with Crippen molar-refractivity contribution in [2.24, 2.45) is 0 Å². The number of hydrogen-bond acceptors (Lipinski definition) is 8. The number of hydrogen-bond donors (Lipinski definition) is 1. The molecular formula is C21H22FN3O8S. The summed E-state index contributed by atoms with van der Waals surface area (Å²) in [6.45, 7) is 1.25. The Morgan fingerprint density at radius 2 is 1.97 bits per heavy atom. The first-order chi connectivity index (χ1) is 16.1. The van der Waals surface area contributed by atoms with E-state index in [0.29, 0.717) is 6.42 Å². The summed E-state index contributed by atoms with van der Waals surface area (Å²) < 4.78 is 51.1. The summed E-state index contributed by atoms with van der Waals surface area (Å²) in [6, 6.07) is 7.18. The quantitative estimate of drug-likeness (QED) is 0.334. The van der Waals surface area contributed by atoms with Crippen molar-refractivity contribution in [2.75, 3.05) is 19.0 Å². The Morgan fingerprint density at radius 3 is 2.62 bits per heavy atom. The van der Waals surface area contributed by atoms with E-state index in [9.17, 15) is 32.5 Å². The normalized spacial score (nSPS) is 17.1. The van der Waals surface area contributed by atoms with Gasteiger partial charge in [0.25, 0.3) is 11.6 Å². The smallest absolute Gasteiger partial charge is 0.325 e. The molecule has 0 bridgehead atoms. The number of nitrogens with one attached hydrogen (secondary N) is 1. The number of sulfonamides is 1. The first kappa shape index (κ1) is 25.1. The van der Waals surface area contributed by atoms with Gasteiger partial charge >= 0.3 is 5.97 Å². The lowest BCUT2D eigenvalue weighted by Gasteiger charge is -2.24. The highest BCUT2D eigenvalue weighted by molar-refractivity contribution is 7.89. The van der Waals surface area contributed by atoms with Gasteiger partial charge in [-0.2, -0.15) is 4.31 Å². The zero-order valence-electron chi connectivity index (χ0n) is 18.3. The highest BCUT2D eigenvalue weighted by Crippen LogP contribution is 2.30. The van der Waals surface area contributed by atoms with Crippen molar-refractivity contribution in [1.29, 1.82) is 0 Å².